The molecule has 0 spiro atoms. The average Bonchev–Trinajstić information content (AvgIpc) is 2.55. The van der Waals surface area contributed by atoms with Gasteiger partial charge in [-0.25, -0.2) is 0 Å². The van der Waals surface area contributed by atoms with E-state index in [0.29, 0.717) is 0 Å². The van der Waals surface area contributed by atoms with E-state index in [0.717, 1.165) is 35.7 Å². The lowest BCUT2D eigenvalue weighted by Gasteiger charge is -2.16. The maximum absolute atomic E-state index is 5.85. The molecule has 2 aromatic carbocycles. The van der Waals surface area contributed by atoms with Crippen LogP contribution in [0.25, 0.3) is 0 Å². The number of ether oxygens (including phenoxy) is 2. The number of hydrogen-bond acceptors (Lipinski definition) is 3. The summed E-state index contributed by atoms with van der Waals surface area (Å²) in [5.74, 6) is 1.85. The third-order valence-corrected chi connectivity index (χ3v) is 3.58. The summed E-state index contributed by atoms with van der Waals surface area (Å²) < 4.78 is 11.6. The van der Waals surface area contributed by atoms with Gasteiger partial charge in [0.05, 0.1) is 12.2 Å². The van der Waals surface area contributed by atoms with Gasteiger partial charge in [0.1, 0.15) is 11.5 Å². The summed E-state index contributed by atoms with van der Waals surface area (Å²) in [4.78, 5) is 0. The Morgan fingerprint density at radius 2 is 1.61 bits per heavy atom. The highest BCUT2D eigenvalue weighted by atomic mass is 16.5. The van der Waals surface area contributed by atoms with Crippen molar-refractivity contribution in [2.24, 2.45) is 0 Å². The normalized spacial score (nSPS) is 12.0. The van der Waals surface area contributed by atoms with Crippen molar-refractivity contribution >= 4 is 5.69 Å². The smallest absolute Gasteiger partial charge is 0.124 e. The molecule has 0 aliphatic rings. The zero-order chi connectivity index (χ0) is 16.7. The first-order valence-electron chi connectivity index (χ1n) is 8.33. The van der Waals surface area contributed by atoms with E-state index in [1.165, 1.54) is 0 Å². The van der Waals surface area contributed by atoms with Gasteiger partial charge < -0.3 is 14.8 Å². The fourth-order valence-electron chi connectivity index (χ4n) is 2.18. The van der Waals surface area contributed by atoms with Gasteiger partial charge in [0.2, 0.25) is 0 Å². The fraction of sp³-hybridized carbons (Fsp3) is 0.400. The number of anilines is 1. The molecule has 0 fully saturated rings. The SMILES string of the molecule is CCC(C)Oc1ccc(NCc2ccccc2OC(C)C)cc1. The van der Waals surface area contributed by atoms with E-state index >= 15 is 0 Å². The third kappa shape index (κ3) is 5.51. The Morgan fingerprint density at radius 3 is 2.26 bits per heavy atom. The molecule has 0 heterocycles. The monoisotopic (exact) mass is 313 g/mol. The Kier molecular flexibility index (Phi) is 6.33. The number of rotatable bonds is 8. The molecule has 0 saturated heterocycles. The third-order valence-electron chi connectivity index (χ3n) is 3.58. The average molecular weight is 313 g/mol. The molecule has 0 aliphatic carbocycles. The summed E-state index contributed by atoms with van der Waals surface area (Å²) >= 11 is 0. The second-order valence-corrected chi connectivity index (χ2v) is 5.99. The predicted octanol–water partition coefficient (Wildman–Crippen LogP) is 5.26. The van der Waals surface area contributed by atoms with Crippen molar-refractivity contribution in [1.29, 1.82) is 0 Å². The second kappa shape index (κ2) is 8.47. The van der Waals surface area contributed by atoms with E-state index in [9.17, 15) is 0 Å². The first-order chi connectivity index (χ1) is 11.1. The van der Waals surface area contributed by atoms with E-state index in [2.05, 4.69) is 25.2 Å². The van der Waals surface area contributed by atoms with Crippen molar-refractivity contribution in [2.45, 2.75) is 52.9 Å². The molecule has 2 aromatic rings. The molecule has 0 aromatic heterocycles. The van der Waals surface area contributed by atoms with Crippen LogP contribution in [0, 0.1) is 0 Å². The molecule has 3 nitrogen and oxygen atoms in total. The molecule has 23 heavy (non-hydrogen) atoms. The predicted molar refractivity (Wildman–Crippen MR) is 96.4 cm³/mol. The zero-order valence-corrected chi connectivity index (χ0v) is 14.5. The van der Waals surface area contributed by atoms with Gasteiger partial charge in [-0.15, -0.1) is 0 Å². The summed E-state index contributed by atoms with van der Waals surface area (Å²) in [7, 11) is 0. The summed E-state index contributed by atoms with van der Waals surface area (Å²) in [6, 6.07) is 16.2. The maximum Gasteiger partial charge on any atom is 0.124 e. The van der Waals surface area contributed by atoms with Crippen LogP contribution in [0.1, 0.15) is 39.7 Å². The highest BCUT2D eigenvalue weighted by Crippen LogP contribution is 2.22. The van der Waals surface area contributed by atoms with Crippen LogP contribution in [-0.2, 0) is 6.54 Å². The molecule has 0 amide bonds. The van der Waals surface area contributed by atoms with Gasteiger partial charge in [0.25, 0.3) is 0 Å². The molecule has 1 N–H and O–H groups in total. The molecule has 1 unspecified atom stereocenters. The van der Waals surface area contributed by atoms with Crippen LogP contribution in [0.15, 0.2) is 48.5 Å². The van der Waals surface area contributed by atoms with Gasteiger partial charge in [0, 0.05) is 17.8 Å². The molecule has 0 saturated carbocycles. The van der Waals surface area contributed by atoms with E-state index in [1.54, 1.807) is 0 Å². The Hall–Kier alpha value is -2.16. The van der Waals surface area contributed by atoms with Gasteiger partial charge >= 0.3 is 0 Å². The van der Waals surface area contributed by atoms with Crippen LogP contribution >= 0.6 is 0 Å². The topological polar surface area (TPSA) is 30.5 Å². The first kappa shape index (κ1) is 17.2. The first-order valence-corrected chi connectivity index (χ1v) is 8.33. The van der Waals surface area contributed by atoms with Crippen molar-refractivity contribution in [3.63, 3.8) is 0 Å². The van der Waals surface area contributed by atoms with Gasteiger partial charge in [-0.3, -0.25) is 0 Å². The Labute approximate surface area is 139 Å². The molecule has 2 rings (SSSR count). The Balaban J connectivity index is 1.96. The van der Waals surface area contributed by atoms with Gasteiger partial charge in [-0.2, -0.15) is 0 Å². The largest absolute Gasteiger partial charge is 0.491 e. The summed E-state index contributed by atoms with van der Waals surface area (Å²) in [6.45, 7) is 9.02. The minimum Gasteiger partial charge on any atom is -0.491 e. The number of nitrogens with one attached hydrogen (secondary N) is 1. The fourth-order valence-corrected chi connectivity index (χ4v) is 2.18. The van der Waals surface area contributed by atoms with Crippen molar-refractivity contribution in [3.8, 4) is 11.5 Å². The van der Waals surface area contributed by atoms with Gasteiger partial charge in [-0.1, -0.05) is 25.1 Å². The lowest BCUT2D eigenvalue weighted by atomic mass is 10.2. The highest BCUT2D eigenvalue weighted by Gasteiger charge is 2.05. The van der Waals surface area contributed by atoms with Crippen LogP contribution in [0.5, 0.6) is 11.5 Å². The van der Waals surface area contributed by atoms with Crippen LogP contribution in [0.3, 0.4) is 0 Å². The van der Waals surface area contributed by atoms with E-state index in [1.807, 2.05) is 56.3 Å². The van der Waals surface area contributed by atoms with Crippen LogP contribution in [-0.4, -0.2) is 12.2 Å². The van der Waals surface area contributed by atoms with Crippen molar-refractivity contribution < 1.29 is 9.47 Å². The summed E-state index contributed by atoms with van der Waals surface area (Å²) in [5, 5.41) is 3.43. The molecule has 0 bridgehead atoms. The Morgan fingerprint density at radius 1 is 0.913 bits per heavy atom. The summed E-state index contributed by atoms with van der Waals surface area (Å²) in [5.41, 5.74) is 2.22. The van der Waals surface area contributed by atoms with E-state index in [4.69, 9.17) is 9.47 Å². The molecular formula is C20H27NO2. The van der Waals surface area contributed by atoms with Crippen molar-refractivity contribution in [2.75, 3.05) is 5.32 Å². The van der Waals surface area contributed by atoms with Gasteiger partial charge in [0.15, 0.2) is 0 Å². The lowest BCUT2D eigenvalue weighted by molar-refractivity contribution is 0.217. The molecule has 1 atom stereocenters. The van der Waals surface area contributed by atoms with Gasteiger partial charge in [-0.05, 0) is 57.5 Å². The molecule has 0 aliphatic heterocycles. The van der Waals surface area contributed by atoms with Crippen molar-refractivity contribution in [3.05, 3.63) is 54.1 Å². The highest BCUT2D eigenvalue weighted by molar-refractivity contribution is 5.48. The van der Waals surface area contributed by atoms with E-state index in [-0.39, 0.29) is 12.2 Å². The standard InChI is InChI=1S/C20H27NO2/c1-5-16(4)23-19-12-10-18(11-13-19)21-14-17-8-6-7-9-20(17)22-15(2)3/h6-13,15-16,21H,5,14H2,1-4H3. The van der Waals surface area contributed by atoms with Crippen LogP contribution < -0.4 is 14.8 Å². The quantitative estimate of drug-likeness (QED) is 0.720. The zero-order valence-electron chi connectivity index (χ0n) is 14.5. The maximum atomic E-state index is 5.85. The lowest BCUT2D eigenvalue weighted by Crippen LogP contribution is -2.10. The van der Waals surface area contributed by atoms with E-state index < -0.39 is 0 Å². The molecule has 3 heteroatoms. The molecule has 0 radical (unpaired) electrons. The number of hydrogen-bond donors (Lipinski definition) is 1. The minimum atomic E-state index is 0.174. The Bertz CT molecular complexity index is 593. The van der Waals surface area contributed by atoms with Crippen molar-refractivity contribution in [1.82, 2.24) is 0 Å². The molecular weight excluding hydrogens is 286 g/mol. The number of para-hydroxylation sites is 1. The second-order valence-electron chi connectivity index (χ2n) is 5.99. The minimum absolute atomic E-state index is 0.174. The molecule has 124 valence electrons. The number of benzene rings is 2. The summed E-state index contributed by atoms with van der Waals surface area (Å²) in [6.07, 6.45) is 1.43. The van der Waals surface area contributed by atoms with Crippen LogP contribution in [0.4, 0.5) is 5.69 Å². The van der Waals surface area contributed by atoms with Crippen LogP contribution in [0.2, 0.25) is 0 Å².